The Hall–Kier alpha value is -1.45. The summed E-state index contributed by atoms with van der Waals surface area (Å²) in [7, 11) is 0. The minimum Gasteiger partial charge on any atom is -0.353 e. The highest BCUT2D eigenvalue weighted by Gasteiger charge is 2.46. The lowest BCUT2D eigenvalue weighted by atomic mass is 9.84. The number of rotatable bonds is 5. The number of hydrogen-bond donors (Lipinski definition) is 1. The molecule has 4 unspecified atom stereocenters. The van der Waals surface area contributed by atoms with Crippen molar-refractivity contribution in [3.8, 4) is 0 Å². The standard InChI is InChI=1S/C21H34N2O2/c1-12(2)22-16(6)20(24)19-14(4)11-18(15(19)5)21(25)23-17-9-7-13(3)8-10-17/h13-15,17-19H,6-11H2,1-5H3,(H,23,25). The molecule has 2 rings (SSSR count). The van der Waals surface area contributed by atoms with Crippen LogP contribution in [0.4, 0.5) is 0 Å². The highest BCUT2D eigenvalue weighted by atomic mass is 16.2. The quantitative estimate of drug-likeness (QED) is 0.600. The first-order valence-electron chi connectivity index (χ1n) is 9.76. The maximum absolute atomic E-state index is 12.8. The van der Waals surface area contributed by atoms with E-state index in [0.29, 0.717) is 11.7 Å². The minimum absolute atomic E-state index is 0.00277. The molecule has 0 spiro atoms. The van der Waals surface area contributed by atoms with Gasteiger partial charge in [0.05, 0.1) is 5.70 Å². The van der Waals surface area contributed by atoms with Gasteiger partial charge in [-0.05, 0) is 63.7 Å². The summed E-state index contributed by atoms with van der Waals surface area (Å²) in [5, 5.41) is 3.25. The summed E-state index contributed by atoms with van der Waals surface area (Å²) in [6.07, 6.45) is 5.31. The molecular formula is C21H34N2O2. The van der Waals surface area contributed by atoms with Crippen LogP contribution in [0.5, 0.6) is 0 Å². The van der Waals surface area contributed by atoms with Crippen molar-refractivity contribution in [3.63, 3.8) is 0 Å². The first-order valence-corrected chi connectivity index (χ1v) is 9.76. The Kier molecular flexibility index (Phi) is 6.59. The third-order valence-corrected chi connectivity index (χ3v) is 6.08. The van der Waals surface area contributed by atoms with Crippen molar-refractivity contribution in [3.05, 3.63) is 12.3 Å². The molecule has 140 valence electrons. The molecule has 0 saturated heterocycles. The van der Waals surface area contributed by atoms with Crippen LogP contribution in [0.15, 0.2) is 17.3 Å². The van der Waals surface area contributed by atoms with Gasteiger partial charge < -0.3 is 5.32 Å². The zero-order chi connectivity index (χ0) is 18.7. The molecule has 0 heterocycles. The number of carbonyl (C=O) groups is 2. The number of aliphatic imine (C=N–C) groups is 1. The first-order chi connectivity index (χ1) is 11.7. The summed E-state index contributed by atoms with van der Waals surface area (Å²) in [4.78, 5) is 29.8. The Morgan fingerprint density at radius 3 is 2.20 bits per heavy atom. The normalized spacial score (nSPS) is 35.1. The van der Waals surface area contributed by atoms with E-state index in [2.05, 4.69) is 30.7 Å². The summed E-state index contributed by atoms with van der Waals surface area (Å²) in [6.45, 7) is 14.0. The number of amides is 1. The van der Waals surface area contributed by atoms with Gasteiger partial charge in [0.1, 0.15) is 0 Å². The number of carbonyl (C=O) groups excluding carboxylic acids is 2. The van der Waals surface area contributed by atoms with Crippen molar-refractivity contribution in [2.75, 3.05) is 0 Å². The molecule has 2 fully saturated rings. The van der Waals surface area contributed by atoms with E-state index in [0.717, 1.165) is 30.9 Å². The van der Waals surface area contributed by atoms with E-state index in [1.165, 1.54) is 12.8 Å². The molecule has 4 atom stereocenters. The van der Waals surface area contributed by atoms with E-state index in [1.807, 2.05) is 20.8 Å². The predicted molar refractivity (Wildman–Crippen MR) is 102 cm³/mol. The molecule has 0 bridgehead atoms. The molecule has 1 N–H and O–H groups in total. The van der Waals surface area contributed by atoms with Crippen LogP contribution in [0.3, 0.4) is 0 Å². The molecule has 1 amide bonds. The molecule has 2 saturated carbocycles. The van der Waals surface area contributed by atoms with Gasteiger partial charge >= 0.3 is 0 Å². The van der Waals surface area contributed by atoms with Gasteiger partial charge in [0.15, 0.2) is 5.78 Å². The maximum Gasteiger partial charge on any atom is 0.223 e. The lowest BCUT2D eigenvalue weighted by molar-refractivity contribution is -0.127. The van der Waals surface area contributed by atoms with Crippen LogP contribution in [0.2, 0.25) is 0 Å². The summed E-state index contributed by atoms with van der Waals surface area (Å²) in [5.41, 5.74) is 1.16. The van der Waals surface area contributed by atoms with Crippen LogP contribution in [0, 0.1) is 29.6 Å². The molecule has 4 nitrogen and oxygen atoms in total. The average Bonchev–Trinajstić information content (AvgIpc) is 2.83. The molecule has 0 aromatic rings. The topological polar surface area (TPSA) is 58.5 Å². The highest BCUT2D eigenvalue weighted by molar-refractivity contribution is 6.00. The lowest BCUT2D eigenvalue weighted by Gasteiger charge is -2.29. The van der Waals surface area contributed by atoms with Gasteiger partial charge in [-0.2, -0.15) is 0 Å². The van der Waals surface area contributed by atoms with Gasteiger partial charge in [0.2, 0.25) is 5.91 Å². The Labute approximate surface area is 152 Å². The molecule has 0 radical (unpaired) electrons. The van der Waals surface area contributed by atoms with Gasteiger partial charge in [-0.3, -0.25) is 14.6 Å². The number of Topliss-reactive ketones (excluding diaryl/α,β-unsaturated/α-hetero) is 1. The second kappa shape index (κ2) is 8.29. The van der Waals surface area contributed by atoms with Crippen molar-refractivity contribution in [1.82, 2.24) is 5.32 Å². The second-order valence-electron chi connectivity index (χ2n) is 8.54. The molecular weight excluding hydrogens is 312 g/mol. The van der Waals surface area contributed by atoms with Crippen LogP contribution in [0.25, 0.3) is 0 Å². The number of hydrogen-bond acceptors (Lipinski definition) is 3. The largest absolute Gasteiger partial charge is 0.353 e. The van der Waals surface area contributed by atoms with Crippen molar-refractivity contribution in [1.29, 1.82) is 0 Å². The molecule has 4 heteroatoms. The number of allylic oxidation sites excluding steroid dienone is 1. The van der Waals surface area contributed by atoms with Crippen LogP contribution < -0.4 is 5.32 Å². The minimum atomic E-state index is -0.155. The number of ketones is 1. The number of nitrogens with zero attached hydrogens (tertiary/aromatic N) is 1. The molecule has 2 aliphatic rings. The zero-order valence-electron chi connectivity index (χ0n) is 16.5. The van der Waals surface area contributed by atoms with E-state index in [-0.39, 0.29) is 35.4 Å². The van der Waals surface area contributed by atoms with E-state index in [1.54, 1.807) is 0 Å². The van der Waals surface area contributed by atoms with Crippen molar-refractivity contribution in [2.24, 2.45) is 34.6 Å². The Morgan fingerprint density at radius 1 is 1.04 bits per heavy atom. The number of nitrogens with one attached hydrogen (secondary N) is 1. The highest BCUT2D eigenvalue weighted by Crippen LogP contribution is 2.43. The lowest BCUT2D eigenvalue weighted by Crippen LogP contribution is -2.42. The van der Waals surface area contributed by atoms with Crippen LogP contribution >= 0.6 is 0 Å². The second-order valence-corrected chi connectivity index (χ2v) is 8.54. The van der Waals surface area contributed by atoms with Gasteiger partial charge in [-0.1, -0.05) is 27.4 Å². The van der Waals surface area contributed by atoms with Crippen molar-refractivity contribution < 1.29 is 9.59 Å². The van der Waals surface area contributed by atoms with Gasteiger partial charge in [-0.15, -0.1) is 0 Å². The van der Waals surface area contributed by atoms with Crippen LogP contribution in [0.1, 0.15) is 66.7 Å². The van der Waals surface area contributed by atoms with Crippen molar-refractivity contribution in [2.45, 2.75) is 72.8 Å². The molecule has 0 aliphatic heterocycles. The van der Waals surface area contributed by atoms with Crippen molar-refractivity contribution >= 4 is 17.4 Å². The first kappa shape index (κ1) is 19.9. The third kappa shape index (κ3) is 4.80. The van der Waals surface area contributed by atoms with Crippen LogP contribution in [-0.2, 0) is 9.59 Å². The van der Waals surface area contributed by atoms with E-state index in [4.69, 9.17) is 0 Å². The zero-order valence-corrected chi connectivity index (χ0v) is 16.5. The maximum atomic E-state index is 12.8. The van der Waals surface area contributed by atoms with Gasteiger partial charge in [0, 0.05) is 23.6 Å². The smallest absolute Gasteiger partial charge is 0.223 e. The fourth-order valence-corrected chi connectivity index (χ4v) is 4.60. The summed E-state index contributed by atoms with van der Waals surface area (Å²) >= 11 is 0. The monoisotopic (exact) mass is 346 g/mol. The Bertz CT molecular complexity index is 554. The Morgan fingerprint density at radius 2 is 1.64 bits per heavy atom. The third-order valence-electron chi connectivity index (χ3n) is 6.08. The summed E-state index contributed by atoms with van der Waals surface area (Å²) in [5.74, 6) is 0.899. The molecule has 0 aromatic carbocycles. The molecule has 25 heavy (non-hydrogen) atoms. The fourth-order valence-electron chi connectivity index (χ4n) is 4.60. The average molecular weight is 347 g/mol. The fraction of sp³-hybridized carbons (Fsp3) is 0.762. The Balaban J connectivity index is 1.99. The SMILES string of the molecule is C=C(N=C(C)C)C(=O)C1C(C)CC(C(=O)NC2CCC(C)CC2)C1C. The van der Waals surface area contributed by atoms with Gasteiger partial charge in [0.25, 0.3) is 0 Å². The van der Waals surface area contributed by atoms with Crippen LogP contribution in [-0.4, -0.2) is 23.4 Å². The molecule has 2 aliphatic carbocycles. The summed E-state index contributed by atoms with van der Waals surface area (Å²) in [6, 6.07) is 0.309. The predicted octanol–water partition coefficient (Wildman–Crippen LogP) is 4.15. The summed E-state index contributed by atoms with van der Waals surface area (Å²) < 4.78 is 0. The van der Waals surface area contributed by atoms with Gasteiger partial charge in [-0.25, -0.2) is 0 Å². The molecule has 0 aromatic heterocycles. The van der Waals surface area contributed by atoms with E-state index < -0.39 is 0 Å². The van der Waals surface area contributed by atoms with E-state index in [9.17, 15) is 9.59 Å². The van der Waals surface area contributed by atoms with E-state index >= 15 is 0 Å².